The number of hydrogen-bond acceptors (Lipinski definition) is 2. The minimum Gasteiger partial charge on any atom is -0.322 e. The Morgan fingerprint density at radius 1 is 1.18 bits per heavy atom. The Hall–Kier alpha value is -1.26. The zero-order valence-electron chi connectivity index (χ0n) is 9.82. The quantitative estimate of drug-likeness (QED) is 0.832. The largest absolute Gasteiger partial charge is 0.322 e. The Morgan fingerprint density at radius 2 is 1.76 bits per heavy atom. The Morgan fingerprint density at radius 3 is 2.35 bits per heavy atom. The highest BCUT2D eigenvalue weighted by molar-refractivity contribution is 6.30. The Kier molecular flexibility index (Phi) is 3.86. The standard InChI is InChI=1S/C12H16ClN3O/c1-15-6-8-16(9-7-15)12(17)14-11-4-2-10(13)3-5-11/h2-5H,6-9H2,1H3,(H,14,17). The summed E-state index contributed by atoms with van der Waals surface area (Å²) in [5, 5.41) is 3.53. The highest BCUT2D eigenvalue weighted by Gasteiger charge is 2.18. The van der Waals surface area contributed by atoms with E-state index in [0.29, 0.717) is 5.02 Å². The number of hydrogen-bond donors (Lipinski definition) is 1. The fourth-order valence-corrected chi connectivity index (χ4v) is 1.87. The molecule has 1 saturated heterocycles. The van der Waals surface area contributed by atoms with E-state index in [9.17, 15) is 4.79 Å². The normalized spacial score (nSPS) is 16.9. The predicted molar refractivity (Wildman–Crippen MR) is 69.5 cm³/mol. The van der Waals surface area contributed by atoms with E-state index in [-0.39, 0.29) is 6.03 Å². The van der Waals surface area contributed by atoms with Crippen LogP contribution < -0.4 is 5.32 Å². The second kappa shape index (κ2) is 5.38. The van der Waals surface area contributed by atoms with Gasteiger partial charge in [-0.15, -0.1) is 0 Å². The molecule has 1 aliphatic rings. The van der Waals surface area contributed by atoms with Crippen LogP contribution in [0.25, 0.3) is 0 Å². The summed E-state index contributed by atoms with van der Waals surface area (Å²) in [6.45, 7) is 3.40. The predicted octanol–water partition coefficient (Wildman–Crippen LogP) is 2.12. The number of carbonyl (C=O) groups excluding carboxylic acids is 1. The van der Waals surface area contributed by atoms with Crippen molar-refractivity contribution in [3.05, 3.63) is 29.3 Å². The topological polar surface area (TPSA) is 35.6 Å². The number of likely N-dealkylation sites (N-methyl/N-ethyl adjacent to an activating group) is 1. The van der Waals surface area contributed by atoms with Crippen molar-refractivity contribution in [1.29, 1.82) is 0 Å². The first-order valence-electron chi connectivity index (χ1n) is 5.65. The van der Waals surface area contributed by atoms with Crippen molar-refractivity contribution < 1.29 is 4.79 Å². The number of rotatable bonds is 1. The first-order valence-corrected chi connectivity index (χ1v) is 6.03. The maximum atomic E-state index is 11.9. The summed E-state index contributed by atoms with van der Waals surface area (Å²) in [6.07, 6.45) is 0. The summed E-state index contributed by atoms with van der Waals surface area (Å²) in [4.78, 5) is 16.0. The van der Waals surface area contributed by atoms with Gasteiger partial charge in [0.05, 0.1) is 0 Å². The average molecular weight is 254 g/mol. The highest BCUT2D eigenvalue weighted by Crippen LogP contribution is 2.14. The molecule has 1 aromatic rings. The van der Waals surface area contributed by atoms with Gasteiger partial charge in [0, 0.05) is 36.9 Å². The minimum atomic E-state index is -0.0413. The Balaban J connectivity index is 1.90. The molecule has 0 saturated carbocycles. The van der Waals surface area contributed by atoms with Crippen LogP contribution in [0.4, 0.5) is 10.5 Å². The zero-order chi connectivity index (χ0) is 12.3. The molecule has 0 unspecified atom stereocenters. The lowest BCUT2D eigenvalue weighted by molar-refractivity contribution is 0.164. The number of carbonyl (C=O) groups is 1. The van der Waals surface area contributed by atoms with E-state index in [2.05, 4.69) is 17.3 Å². The number of halogens is 1. The number of amides is 2. The number of piperazine rings is 1. The molecule has 1 N–H and O–H groups in total. The van der Waals surface area contributed by atoms with E-state index in [1.807, 2.05) is 4.90 Å². The number of nitrogens with zero attached hydrogens (tertiary/aromatic N) is 2. The maximum absolute atomic E-state index is 11.9. The lowest BCUT2D eigenvalue weighted by atomic mass is 10.3. The van der Waals surface area contributed by atoms with Crippen LogP contribution in [0.15, 0.2) is 24.3 Å². The van der Waals surface area contributed by atoms with Gasteiger partial charge in [-0.25, -0.2) is 4.79 Å². The van der Waals surface area contributed by atoms with E-state index < -0.39 is 0 Å². The van der Waals surface area contributed by atoms with Crippen LogP contribution in [0.5, 0.6) is 0 Å². The third-order valence-electron chi connectivity index (χ3n) is 2.89. The highest BCUT2D eigenvalue weighted by atomic mass is 35.5. The molecule has 1 aliphatic heterocycles. The van der Waals surface area contributed by atoms with E-state index in [1.54, 1.807) is 24.3 Å². The molecule has 17 heavy (non-hydrogen) atoms. The number of anilines is 1. The molecule has 2 rings (SSSR count). The summed E-state index contributed by atoms with van der Waals surface area (Å²) in [7, 11) is 2.06. The molecule has 92 valence electrons. The van der Waals surface area contributed by atoms with Gasteiger partial charge >= 0.3 is 6.03 Å². The van der Waals surface area contributed by atoms with Crippen LogP contribution in [-0.4, -0.2) is 49.1 Å². The minimum absolute atomic E-state index is 0.0413. The van der Waals surface area contributed by atoms with Gasteiger partial charge in [-0.1, -0.05) is 11.6 Å². The molecule has 5 heteroatoms. The van der Waals surface area contributed by atoms with Crippen molar-refractivity contribution in [2.24, 2.45) is 0 Å². The summed E-state index contributed by atoms with van der Waals surface area (Å²) < 4.78 is 0. The Labute approximate surface area is 106 Å². The molecule has 0 atom stereocenters. The summed E-state index contributed by atoms with van der Waals surface area (Å²) in [5.74, 6) is 0. The van der Waals surface area contributed by atoms with E-state index >= 15 is 0 Å². The third kappa shape index (κ3) is 3.35. The van der Waals surface area contributed by atoms with Gasteiger partial charge in [-0.2, -0.15) is 0 Å². The van der Waals surface area contributed by atoms with E-state index in [0.717, 1.165) is 31.9 Å². The van der Waals surface area contributed by atoms with Gasteiger partial charge in [-0.3, -0.25) is 0 Å². The Bertz CT molecular complexity index is 385. The molecular weight excluding hydrogens is 238 g/mol. The summed E-state index contributed by atoms with van der Waals surface area (Å²) in [5.41, 5.74) is 0.776. The van der Waals surface area contributed by atoms with Crippen molar-refractivity contribution in [1.82, 2.24) is 9.80 Å². The lowest BCUT2D eigenvalue weighted by Gasteiger charge is -2.32. The fraction of sp³-hybridized carbons (Fsp3) is 0.417. The first kappa shape index (κ1) is 12.2. The van der Waals surface area contributed by atoms with Crippen LogP contribution in [0.3, 0.4) is 0 Å². The smallest absolute Gasteiger partial charge is 0.321 e. The van der Waals surface area contributed by atoms with Crippen molar-refractivity contribution in [2.75, 3.05) is 38.5 Å². The summed E-state index contributed by atoms with van der Waals surface area (Å²) in [6, 6.07) is 7.09. The molecule has 1 heterocycles. The van der Waals surface area contributed by atoms with Crippen LogP contribution >= 0.6 is 11.6 Å². The first-order chi connectivity index (χ1) is 8.15. The summed E-state index contributed by atoms with van der Waals surface area (Å²) >= 11 is 5.78. The van der Waals surface area contributed by atoms with Gasteiger partial charge in [-0.05, 0) is 31.3 Å². The molecule has 1 aromatic carbocycles. The van der Waals surface area contributed by atoms with Gasteiger partial charge in [0.1, 0.15) is 0 Å². The van der Waals surface area contributed by atoms with Gasteiger partial charge in [0.25, 0.3) is 0 Å². The lowest BCUT2D eigenvalue weighted by Crippen LogP contribution is -2.48. The van der Waals surface area contributed by atoms with Crippen molar-refractivity contribution in [3.8, 4) is 0 Å². The second-order valence-electron chi connectivity index (χ2n) is 4.23. The van der Waals surface area contributed by atoms with Crippen LogP contribution in [0.1, 0.15) is 0 Å². The molecule has 0 bridgehead atoms. The van der Waals surface area contributed by atoms with E-state index in [4.69, 9.17) is 11.6 Å². The van der Waals surface area contributed by atoms with Gasteiger partial charge in [0.15, 0.2) is 0 Å². The molecule has 4 nitrogen and oxygen atoms in total. The van der Waals surface area contributed by atoms with Crippen LogP contribution in [0, 0.1) is 0 Å². The van der Waals surface area contributed by atoms with Crippen molar-refractivity contribution in [2.45, 2.75) is 0 Å². The molecule has 2 amide bonds. The molecule has 1 fully saturated rings. The number of nitrogens with one attached hydrogen (secondary N) is 1. The monoisotopic (exact) mass is 253 g/mol. The van der Waals surface area contributed by atoms with Gasteiger partial charge < -0.3 is 15.1 Å². The molecule has 0 aromatic heterocycles. The second-order valence-corrected chi connectivity index (χ2v) is 4.66. The maximum Gasteiger partial charge on any atom is 0.321 e. The van der Waals surface area contributed by atoms with E-state index in [1.165, 1.54) is 0 Å². The van der Waals surface area contributed by atoms with Crippen LogP contribution in [0.2, 0.25) is 5.02 Å². The van der Waals surface area contributed by atoms with Crippen LogP contribution in [-0.2, 0) is 0 Å². The zero-order valence-corrected chi connectivity index (χ0v) is 10.6. The third-order valence-corrected chi connectivity index (χ3v) is 3.14. The number of benzene rings is 1. The molecule has 0 radical (unpaired) electrons. The number of urea groups is 1. The SMILES string of the molecule is CN1CCN(C(=O)Nc2ccc(Cl)cc2)CC1. The average Bonchev–Trinajstić information content (AvgIpc) is 2.33. The molecular formula is C12H16ClN3O. The fourth-order valence-electron chi connectivity index (χ4n) is 1.75. The van der Waals surface area contributed by atoms with Crippen molar-refractivity contribution >= 4 is 23.3 Å². The molecule has 0 spiro atoms. The molecule has 0 aliphatic carbocycles. The van der Waals surface area contributed by atoms with Crippen molar-refractivity contribution in [3.63, 3.8) is 0 Å². The van der Waals surface area contributed by atoms with Gasteiger partial charge in [0.2, 0.25) is 0 Å².